The highest BCUT2D eigenvalue weighted by Crippen LogP contribution is 2.09. The van der Waals surface area contributed by atoms with E-state index in [-0.39, 0.29) is 3.92 Å². The Bertz CT molecular complexity index is 58.4. The highest BCUT2D eigenvalue weighted by Gasteiger charge is 2.07. The molecule has 0 aromatic rings. The molecule has 0 rings (SSSR count). The normalized spacial score (nSPS) is 18.0. The molecule has 0 aromatic heterocycles. The highest BCUT2D eigenvalue weighted by molar-refractivity contribution is 14.1. The third-order valence-corrected chi connectivity index (χ3v) is 2.29. The second kappa shape index (κ2) is 4.52. The van der Waals surface area contributed by atoms with Crippen molar-refractivity contribution in [2.45, 2.75) is 29.9 Å². The van der Waals surface area contributed by atoms with Gasteiger partial charge in [0.05, 0.1) is 3.92 Å². The topological polar surface area (TPSA) is 46.2 Å². The van der Waals surface area contributed by atoms with Gasteiger partial charge < -0.3 is 10.8 Å². The van der Waals surface area contributed by atoms with Gasteiger partial charge in [-0.2, -0.15) is 0 Å². The lowest BCUT2D eigenvalue weighted by Crippen LogP contribution is -2.29. The second-order valence-corrected chi connectivity index (χ2v) is 3.40. The van der Waals surface area contributed by atoms with Gasteiger partial charge in [0.1, 0.15) is 6.23 Å². The van der Waals surface area contributed by atoms with Crippen LogP contribution in [0.3, 0.4) is 0 Å². The summed E-state index contributed by atoms with van der Waals surface area (Å²) >= 11 is 2.16. The number of alkyl halides is 1. The maximum atomic E-state index is 8.72. The van der Waals surface area contributed by atoms with Crippen LogP contribution in [0.2, 0.25) is 0 Å². The molecule has 0 radical (unpaired) electrons. The number of nitrogens with two attached hydrogens (primary N) is 1. The van der Waals surface area contributed by atoms with Gasteiger partial charge in [-0.15, -0.1) is 0 Å². The Kier molecular flexibility index (Phi) is 4.89. The van der Waals surface area contributed by atoms with Gasteiger partial charge in [-0.05, 0) is 6.42 Å². The van der Waals surface area contributed by atoms with Crippen LogP contribution in [0.15, 0.2) is 0 Å². The third kappa shape index (κ3) is 3.63. The van der Waals surface area contributed by atoms with Crippen LogP contribution < -0.4 is 5.73 Å². The quantitative estimate of drug-likeness (QED) is 0.428. The third-order valence-electron chi connectivity index (χ3n) is 0.935. The molecular formula is C5H12INO. The van der Waals surface area contributed by atoms with Crippen molar-refractivity contribution in [3.63, 3.8) is 0 Å². The van der Waals surface area contributed by atoms with Gasteiger partial charge in [-0.3, -0.25) is 0 Å². The predicted molar refractivity (Wildman–Crippen MR) is 42.9 cm³/mol. The van der Waals surface area contributed by atoms with Gasteiger partial charge in [-0.1, -0.05) is 35.9 Å². The molecule has 3 N–H and O–H groups in total. The van der Waals surface area contributed by atoms with Gasteiger partial charge in [0.2, 0.25) is 0 Å². The van der Waals surface area contributed by atoms with Gasteiger partial charge in [-0.25, -0.2) is 0 Å². The zero-order chi connectivity index (χ0) is 6.57. The smallest absolute Gasteiger partial charge is 0.114 e. The van der Waals surface area contributed by atoms with Gasteiger partial charge in [0.15, 0.2) is 0 Å². The van der Waals surface area contributed by atoms with Crippen molar-refractivity contribution in [1.82, 2.24) is 0 Å². The second-order valence-electron chi connectivity index (χ2n) is 1.80. The van der Waals surface area contributed by atoms with E-state index in [0.717, 1.165) is 12.8 Å². The fourth-order valence-electron chi connectivity index (χ4n) is 0.447. The number of hydrogen-bond acceptors (Lipinski definition) is 2. The molecule has 50 valence electrons. The van der Waals surface area contributed by atoms with Crippen LogP contribution in [-0.2, 0) is 0 Å². The molecule has 0 aliphatic carbocycles. The number of halogens is 1. The SMILES string of the molecule is CCC[C@@H](I)C(N)O. The van der Waals surface area contributed by atoms with E-state index in [1.54, 1.807) is 0 Å². The summed E-state index contributed by atoms with van der Waals surface area (Å²) in [6.07, 6.45) is 1.44. The van der Waals surface area contributed by atoms with Crippen LogP contribution in [0.25, 0.3) is 0 Å². The minimum atomic E-state index is -0.643. The molecule has 3 heteroatoms. The van der Waals surface area contributed by atoms with Crippen molar-refractivity contribution in [3.05, 3.63) is 0 Å². The van der Waals surface area contributed by atoms with E-state index in [9.17, 15) is 0 Å². The molecule has 0 fully saturated rings. The van der Waals surface area contributed by atoms with E-state index >= 15 is 0 Å². The zero-order valence-corrected chi connectivity index (χ0v) is 7.13. The van der Waals surface area contributed by atoms with Crippen molar-refractivity contribution < 1.29 is 5.11 Å². The summed E-state index contributed by atoms with van der Waals surface area (Å²) in [4.78, 5) is 0. The molecule has 0 amide bonds. The zero-order valence-electron chi connectivity index (χ0n) is 4.97. The summed E-state index contributed by atoms with van der Waals surface area (Å²) in [7, 11) is 0. The van der Waals surface area contributed by atoms with E-state index in [1.807, 2.05) is 0 Å². The number of hydrogen-bond donors (Lipinski definition) is 2. The molecule has 1 unspecified atom stereocenters. The van der Waals surface area contributed by atoms with Crippen LogP contribution in [0.1, 0.15) is 19.8 Å². The van der Waals surface area contributed by atoms with Gasteiger partial charge >= 0.3 is 0 Å². The summed E-state index contributed by atoms with van der Waals surface area (Å²) in [5.74, 6) is 0. The van der Waals surface area contributed by atoms with Crippen molar-refractivity contribution in [1.29, 1.82) is 0 Å². The van der Waals surface area contributed by atoms with Gasteiger partial charge in [0.25, 0.3) is 0 Å². The first-order valence-electron chi connectivity index (χ1n) is 2.76. The van der Waals surface area contributed by atoms with Crippen molar-refractivity contribution >= 4 is 22.6 Å². The largest absolute Gasteiger partial charge is 0.378 e. The first kappa shape index (κ1) is 8.65. The van der Waals surface area contributed by atoms with Crippen LogP contribution >= 0.6 is 22.6 Å². The van der Waals surface area contributed by atoms with E-state index < -0.39 is 6.23 Å². The van der Waals surface area contributed by atoms with Crippen LogP contribution in [-0.4, -0.2) is 15.3 Å². The lowest BCUT2D eigenvalue weighted by molar-refractivity contribution is 0.180. The Morgan fingerprint density at radius 3 is 2.38 bits per heavy atom. The Morgan fingerprint density at radius 2 is 2.25 bits per heavy atom. The molecule has 0 saturated heterocycles. The van der Waals surface area contributed by atoms with Crippen LogP contribution in [0, 0.1) is 0 Å². The number of aliphatic hydroxyl groups excluding tert-OH is 1. The molecule has 0 saturated carbocycles. The molecule has 0 bridgehead atoms. The fourth-order valence-corrected chi connectivity index (χ4v) is 1.07. The average molecular weight is 229 g/mol. The van der Waals surface area contributed by atoms with Crippen LogP contribution in [0.5, 0.6) is 0 Å². The summed E-state index contributed by atoms with van der Waals surface area (Å²) in [5, 5.41) is 8.72. The summed E-state index contributed by atoms with van der Waals surface area (Å²) in [6.45, 7) is 2.08. The first-order chi connectivity index (χ1) is 3.68. The molecule has 2 atom stereocenters. The molecule has 0 aliphatic rings. The molecular weight excluding hydrogens is 217 g/mol. The Morgan fingerprint density at radius 1 is 1.75 bits per heavy atom. The number of rotatable bonds is 3. The minimum absolute atomic E-state index is 0.220. The standard InChI is InChI=1S/C5H12INO/c1-2-3-4(6)5(7)8/h4-5,8H,2-3,7H2,1H3/t4-,5?/m1/s1. The van der Waals surface area contributed by atoms with Crippen molar-refractivity contribution in [2.24, 2.45) is 5.73 Å². The minimum Gasteiger partial charge on any atom is -0.378 e. The van der Waals surface area contributed by atoms with E-state index in [1.165, 1.54) is 0 Å². The maximum absolute atomic E-state index is 8.72. The molecule has 2 nitrogen and oxygen atoms in total. The average Bonchev–Trinajstić information content (AvgIpc) is 1.67. The molecule has 0 aliphatic heterocycles. The lowest BCUT2D eigenvalue weighted by Gasteiger charge is -2.09. The summed E-state index contributed by atoms with van der Waals surface area (Å²) in [5.41, 5.74) is 5.17. The Balaban J connectivity index is 3.17. The lowest BCUT2D eigenvalue weighted by atomic mass is 10.2. The van der Waals surface area contributed by atoms with E-state index in [0.29, 0.717) is 0 Å². The Labute approximate surface area is 63.6 Å². The van der Waals surface area contributed by atoms with Gasteiger partial charge in [0, 0.05) is 0 Å². The summed E-state index contributed by atoms with van der Waals surface area (Å²) in [6, 6.07) is 0. The molecule has 0 aromatic carbocycles. The fraction of sp³-hybridized carbons (Fsp3) is 1.00. The van der Waals surface area contributed by atoms with Crippen molar-refractivity contribution in [2.75, 3.05) is 0 Å². The predicted octanol–water partition coefficient (Wildman–Crippen LogP) is 0.867. The van der Waals surface area contributed by atoms with E-state index in [2.05, 4.69) is 29.5 Å². The van der Waals surface area contributed by atoms with Crippen LogP contribution in [0.4, 0.5) is 0 Å². The van der Waals surface area contributed by atoms with Crippen molar-refractivity contribution in [3.8, 4) is 0 Å². The van der Waals surface area contributed by atoms with E-state index in [4.69, 9.17) is 10.8 Å². The maximum Gasteiger partial charge on any atom is 0.114 e. The molecule has 0 spiro atoms. The Hall–Kier alpha value is 0.650. The number of aliphatic hydroxyl groups is 1. The molecule has 8 heavy (non-hydrogen) atoms. The monoisotopic (exact) mass is 229 g/mol. The molecule has 0 heterocycles. The highest BCUT2D eigenvalue weighted by atomic mass is 127. The summed E-state index contributed by atoms with van der Waals surface area (Å²) < 4.78 is 0.220. The first-order valence-corrected chi connectivity index (χ1v) is 4.00.